The lowest BCUT2D eigenvalue weighted by Gasteiger charge is -2.08. The van der Waals surface area contributed by atoms with Crippen LogP contribution < -0.4 is 10.6 Å². The number of carbonyl (C=O) groups excluding carboxylic acids is 1. The van der Waals surface area contributed by atoms with E-state index in [1.54, 1.807) is 37.4 Å². The Kier molecular flexibility index (Phi) is 4.87. The zero-order chi connectivity index (χ0) is 15.2. The number of hydrogen-bond donors (Lipinski definition) is 2. The highest BCUT2D eigenvalue weighted by Crippen LogP contribution is 2.16. The van der Waals surface area contributed by atoms with Gasteiger partial charge in [-0.3, -0.25) is 4.79 Å². The highest BCUT2D eigenvalue weighted by atomic mass is 19.1. The maximum atomic E-state index is 13.7. The molecule has 1 heterocycles. The minimum Gasteiger partial charge on any atom is -0.384 e. The van der Waals surface area contributed by atoms with Crippen molar-refractivity contribution in [2.75, 3.05) is 17.2 Å². The third-order valence-corrected chi connectivity index (χ3v) is 2.95. The van der Waals surface area contributed by atoms with Crippen molar-refractivity contribution in [1.82, 2.24) is 4.98 Å². The zero-order valence-electron chi connectivity index (χ0n) is 12.1. The number of pyridine rings is 1. The van der Waals surface area contributed by atoms with Crippen LogP contribution in [0.2, 0.25) is 0 Å². The summed E-state index contributed by atoms with van der Waals surface area (Å²) in [5, 5.41) is 5.69. The van der Waals surface area contributed by atoms with E-state index in [4.69, 9.17) is 0 Å². The van der Waals surface area contributed by atoms with E-state index >= 15 is 0 Å². The van der Waals surface area contributed by atoms with Gasteiger partial charge in [0.25, 0.3) is 5.91 Å². The molecule has 0 unspecified atom stereocenters. The molecule has 2 aromatic rings. The number of carbonyl (C=O) groups is 1. The topological polar surface area (TPSA) is 54.0 Å². The molecule has 1 aromatic heterocycles. The van der Waals surface area contributed by atoms with E-state index in [0.717, 1.165) is 24.2 Å². The van der Waals surface area contributed by atoms with Gasteiger partial charge in [-0.1, -0.05) is 13.0 Å². The van der Waals surface area contributed by atoms with Crippen molar-refractivity contribution in [2.24, 2.45) is 0 Å². The van der Waals surface area contributed by atoms with Crippen molar-refractivity contribution < 1.29 is 9.18 Å². The molecule has 0 aliphatic heterocycles. The van der Waals surface area contributed by atoms with Crippen LogP contribution in [0.4, 0.5) is 15.8 Å². The molecule has 0 radical (unpaired) electrons. The quantitative estimate of drug-likeness (QED) is 0.883. The second kappa shape index (κ2) is 6.83. The van der Waals surface area contributed by atoms with Gasteiger partial charge in [0, 0.05) is 6.54 Å². The molecular formula is C16H18FN3O. The van der Waals surface area contributed by atoms with E-state index in [9.17, 15) is 9.18 Å². The molecule has 0 fully saturated rings. The maximum Gasteiger partial charge on any atom is 0.274 e. The monoisotopic (exact) mass is 287 g/mol. The van der Waals surface area contributed by atoms with Gasteiger partial charge in [0.05, 0.1) is 17.6 Å². The maximum absolute atomic E-state index is 13.7. The molecule has 0 atom stereocenters. The van der Waals surface area contributed by atoms with Crippen molar-refractivity contribution in [3.8, 4) is 0 Å². The van der Waals surface area contributed by atoms with E-state index < -0.39 is 11.7 Å². The predicted octanol–water partition coefficient (Wildman–Crippen LogP) is 3.60. The van der Waals surface area contributed by atoms with Gasteiger partial charge in [0.2, 0.25) is 0 Å². The summed E-state index contributed by atoms with van der Waals surface area (Å²) in [5.41, 5.74) is 2.06. The summed E-state index contributed by atoms with van der Waals surface area (Å²) < 4.78 is 13.7. The van der Waals surface area contributed by atoms with Crippen LogP contribution in [-0.4, -0.2) is 17.4 Å². The second-order valence-corrected chi connectivity index (χ2v) is 4.80. The smallest absolute Gasteiger partial charge is 0.274 e. The number of amides is 1. The average molecular weight is 287 g/mol. The lowest BCUT2D eigenvalue weighted by atomic mass is 10.2. The Bertz CT molecular complexity index is 626. The summed E-state index contributed by atoms with van der Waals surface area (Å²) in [6.07, 6.45) is 2.60. The molecular weight excluding hydrogens is 269 g/mol. The molecule has 0 aliphatic carbocycles. The van der Waals surface area contributed by atoms with Gasteiger partial charge in [-0.05, 0) is 43.2 Å². The van der Waals surface area contributed by atoms with Crippen LogP contribution in [0.1, 0.15) is 29.4 Å². The molecule has 0 saturated carbocycles. The SMILES string of the molecule is CCCNc1ccc(C(=O)Nc2ccc(C)cc2F)nc1. The third-order valence-electron chi connectivity index (χ3n) is 2.95. The van der Waals surface area contributed by atoms with E-state index in [2.05, 4.69) is 22.5 Å². The summed E-state index contributed by atoms with van der Waals surface area (Å²) in [6.45, 7) is 4.71. The molecule has 110 valence electrons. The number of hydrogen-bond acceptors (Lipinski definition) is 3. The summed E-state index contributed by atoms with van der Waals surface area (Å²) in [6, 6.07) is 8.05. The van der Waals surface area contributed by atoms with Crippen molar-refractivity contribution in [3.05, 3.63) is 53.6 Å². The van der Waals surface area contributed by atoms with Crippen LogP contribution in [0.5, 0.6) is 0 Å². The summed E-state index contributed by atoms with van der Waals surface area (Å²) in [5.74, 6) is -0.885. The molecule has 1 aromatic carbocycles. The van der Waals surface area contributed by atoms with Crippen LogP contribution in [-0.2, 0) is 0 Å². The Morgan fingerprint density at radius 1 is 1.29 bits per heavy atom. The first kappa shape index (κ1) is 15.0. The van der Waals surface area contributed by atoms with Gasteiger partial charge in [-0.25, -0.2) is 9.37 Å². The highest BCUT2D eigenvalue weighted by molar-refractivity contribution is 6.03. The van der Waals surface area contributed by atoms with E-state index in [-0.39, 0.29) is 11.4 Å². The standard InChI is InChI=1S/C16H18FN3O/c1-3-8-18-12-5-7-15(19-10-12)16(21)20-14-6-4-11(2)9-13(14)17/h4-7,9-10,18H,3,8H2,1-2H3,(H,20,21). The Morgan fingerprint density at radius 2 is 2.10 bits per heavy atom. The van der Waals surface area contributed by atoms with Crippen molar-refractivity contribution in [3.63, 3.8) is 0 Å². The number of aromatic nitrogens is 1. The first-order valence-electron chi connectivity index (χ1n) is 6.87. The van der Waals surface area contributed by atoms with Crippen LogP contribution in [0, 0.1) is 12.7 Å². The van der Waals surface area contributed by atoms with Crippen molar-refractivity contribution in [1.29, 1.82) is 0 Å². The van der Waals surface area contributed by atoms with Gasteiger partial charge in [-0.15, -0.1) is 0 Å². The minimum atomic E-state index is -0.454. The molecule has 0 spiro atoms. The fraction of sp³-hybridized carbons (Fsp3) is 0.250. The molecule has 0 bridgehead atoms. The molecule has 0 aliphatic rings. The van der Waals surface area contributed by atoms with Crippen molar-refractivity contribution in [2.45, 2.75) is 20.3 Å². The van der Waals surface area contributed by atoms with Crippen LogP contribution in [0.15, 0.2) is 36.5 Å². The Labute approximate surface area is 123 Å². The van der Waals surface area contributed by atoms with Crippen molar-refractivity contribution >= 4 is 17.3 Å². The third kappa shape index (κ3) is 4.02. The number of benzene rings is 1. The van der Waals surface area contributed by atoms with Gasteiger partial charge < -0.3 is 10.6 Å². The number of rotatable bonds is 5. The number of halogens is 1. The molecule has 4 nitrogen and oxygen atoms in total. The number of nitrogens with one attached hydrogen (secondary N) is 2. The first-order valence-corrected chi connectivity index (χ1v) is 6.87. The summed E-state index contributed by atoms with van der Waals surface area (Å²) >= 11 is 0. The zero-order valence-corrected chi connectivity index (χ0v) is 12.1. The molecule has 5 heteroatoms. The second-order valence-electron chi connectivity index (χ2n) is 4.80. The number of nitrogens with zero attached hydrogens (tertiary/aromatic N) is 1. The minimum absolute atomic E-state index is 0.153. The van der Waals surface area contributed by atoms with Gasteiger partial charge in [0.15, 0.2) is 0 Å². The van der Waals surface area contributed by atoms with E-state index in [1.165, 1.54) is 6.07 Å². The fourth-order valence-electron chi connectivity index (χ4n) is 1.81. The Hall–Kier alpha value is -2.43. The lowest BCUT2D eigenvalue weighted by molar-refractivity contribution is 0.102. The van der Waals surface area contributed by atoms with Crippen LogP contribution in [0.3, 0.4) is 0 Å². The van der Waals surface area contributed by atoms with Gasteiger partial charge in [0.1, 0.15) is 11.5 Å². The average Bonchev–Trinajstić information content (AvgIpc) is 2.48. The van der Waals surface area contributed by atoms with Crippen LogP contribution >= 0.6 is 0 Å². The van der Waals surface area contributed by atoms with E-state index in [1.807, 2.05) is 0 Å². The molecule has 2 rings (SSSR count). The number of anilines is 2. The van der Waals surface area contributed by atoms with Crippen LogP contribution in [0.25, 0.3) is 0 Å². The molecule has 0 saturated heterocycles. The molecule has 2 N–H and O–H groups in total. The Morgan fingerprint density at radius 3 is 2.71 bits per heavy atom. The fourth-order valence-corrected chi connectivity index (χ4v) is 1.81. The summed E-state index contributed by atoms with van der Waals surface area (Å²) in [4.78, 5) is 16.1. The lowest BCUT2D eigenvalue weighted by Crippen LogP contribution is -2.14. The Balaban J connectivity index is 2.06. The number of aryl methyl sites for hydroxylation is 1. The van der Waals surface area contributed by atoms with Gasteiger partial charge in [-0.2, -0.15) is 0 Å². The largest absolute Gasteiger partial charge is 0.384 e. The molecule has 21 heavy (non-hydrogen) atoms. The van der Waals surface area contributed by atoms with E-state index in [0.29, 0.717) is 0 Å². The predicted molar refractivity (Wildman–Crippen MR) is 82.1 cm³/mol. The summed E-state index contributed by atoms with van der Waals surface area (Å²) in [7, 11) is 0. The van der Waals surface area contributed by atoms with Gasteiger partial charge >= 0.3 is 0 Å². The first-order chi connectivity index (χ1) is 10.1. The normalized spacial score (nSPS) is 10.2. The highest BCUT2D eigenvalue weighted by Gasteiger charge is 2.10. The molecule has 1 amide bonds.